The molecule has 0 saturated heterocycles. The first-order valence-corrected chi connectivity index (χ1v) is 12.3. The van der Waals surface area contributed by atoms with Crippen molar-refractivity contribution in [3.8, 4) is 12.1 Å². The second-order valence-corrected chi connectivity index (χ2v) is 9.58. The molecule has 10 heteroatoms. The van der Waals surface area contributed by atoms with Gasteiger partial charge in [0.2, 0.25) is 0 Å². The summed E-state index contributed by atoms with van der Waals surface area (Å²) in [6.07, 6.45) is 2.32. The number of aliphatic hydroxyl groups is 1. The maximum absolute atomic E-state index is 13.1. The number of thioether (sulfide) groups is 1. The number of hydrogen-bond donors (Lipinski definition) is 3. The van der Waals surface area contributed by atoms with Gasteiger partial charge in [0.05, 0.1) is 22.9 Å². The number of nitrogens with two attached hydrogens (primary N) is 1. The number of nitrogens with zero attached hydrogens (tertiary/aromatic N) is 4. The molecule has 3 aromatic rings. The highest BCUT2D eigenvalue weighted by Gasteiger charge is 2.29. The number of pyridine rings is 1. The number of aliphatic hydroxyl groups excluding tert-OH is 1. The molecule has 1 saturated carbocycles. The molecular weight excluding hydrogens is 459 g/mol. The summed E-state index contributed by atoms with van der Waals surface area (Å²) < 4.78 is 13.1. The Bertz CT molecular complexity index is 1220. The van der Waals surface area contributed by atoms with Crippen molar-refractivity contribution in [3.63, 3.8) is 0 Å². The Kier molecular flexibility index (Phi) is 7.09. The second kappa shape index (κ2) is 10.2. The average Bonchev–Trinajstić information content (AvgIpc) is 3.26. The molecule has 0 radical (unpaired) electrons. The van der Waals surface area contributed by atoms with Gasteiger partial charge in [-0.05, 0) is 61.4 Å². The van der Waals surface area contributed by atoms with Crippen LogP contribution in [0.4, 0.5) is 21.0 Å². The van der Waals surface area contributed by atoms with Gasteiger partial charge in [0.25, 0.3) is 0 Å². The SMILES string of the molecule is N#Cc1c(N)nc(SCc2csc(Nc3ccc(F)cc3)n2)c(C#N)c1[C@H]1CC[C@@H](O)CC1. The fourth-order valence-corrected chi connectivity index (χ4v) is 5.66. The molecule has 1 aliphatic rings. The first-order chi connectivity index (χ1) is 16.0. The number of anilines is 3. The summed E-state index contributed by atoms with van der Waals surface area (Å²) in [5.41, 5.74) is 8.93. The van der Waals surface area contributed by atoms with E-state index in [2.05, 4.69) is 27.4 Å². The summed E-state index contributed by atoms with van der Waals surface area (Å²) >= 11 is 2.78. The standard InChI is InChI=1S/C23H21FN6OS2/c24-14-3-5-15(6-4-14)28-23-29-16(12-33-23)11-32-22-19(10-26)20(18(9-25)21(27)30-22)13-1-7-17(31)8-2-13/h3-6,12-13,17,31H,1-2,7-8,11H2,(H2,27,30)(H,28,29)/t13-,17+. The predicted octanol–water partition coefficient (Wildman–Crippen LogP) is 5.06. The third-order valence-electron chi connectivity index (χ3n) is 5.56. The highest BCUT2D eigenvalue weighted by Crippen LogP contribution is 2.40. The lowest BCUT2D eigenvalue weighted by molar-refractivity contribution is 0.122. The van der Waals surface area contributed by atoms with Gasteiger partial charge in [0, 0.05) is 16.8 Å². The van der Waals surface area contributed by atoms with Crippen LogP contribution in [-0.4, -0.2) is 21.2 Å². The van der Waals surface area contributed by atoms with E-state index in [0.717, 1.165) is 11.4 Å². The second-order valence-electron chi connectivity index (χ2n) is 7.76. The van der Waals surface area contributed by atoms with Gasteiger partial charge in [0.1, 0.15) is 28.8 Å². The maximum Gasteiger partial charge on any atom is 0.187 e. The minimum absolute atomic E-state index is 0.00636. The molecule has 0 spiro atoms. The van der Waals surface area contributed by atoms with Crippen molar-refractivity contribution in [1.29, 1.82) is 10.5 Å². The minimum Gasteiger partial charge on any atom is -0.393 e. The van der Waals surface area contributed by atoms with Crippen LogP contribution in [0.25, 0.3) is 0 Å². The number of benzene rings is 1. The van der Waals surface area contributed by atoms with E-state index in [4.69, 9.17) is 5.73 Å². The van der Waals surface area contributed by atoms with Crippen molar-refractivity contribution in [2.24, 2.45) is 0 Å². The number of hydrogen-bond acceptors (Lipinski definition) is 9. The first-order valence-electron chi connectivity index (χ1n) is 10.4. The zero-order chi connectivity index (χ0) is 23.4. The van der Waals surface area contributed by atoms with Crippen molar-refractivity contribution in [1.82, 2.24) is 9.97 Å². The molecule has 168 valence electrons. The van der Waals surface area contributed by atoms with Gasteiger partial charge in [-0.3, -0.25) is 0 Å². The van der Waals surface area contributed by atoms with Crippen LogP contribution in [0.3, 0.4) is 0 Å². The van der Waals surface area contributed by atoms with E-state index in [-0.39, 0.29) is 29.2 Å². The monoisotopic (exact) mass is 480 g/mol. The Morgan fingerprint density at radius 3 is 2.48 bits per heavy atom. The van der Waals surface area contributed by atoms with Gasteiger partial charge in [0.15, 0.2) is 5.13 Å². The summed E-state index contributed by atoms with van der Waals surface area (Å²) in [4.78, 5) is 8.90. The van der Waals surface area contributed by atoms with Crippen molar-refractivity contribution in [2.75, 3.05) is 11.1 Å². The van der Waals surface area contributed by atoms with Gasteiger partial charge < -0.3 is 16.2 Å². The van der Waals surface area contributed by atoms with Gasteiger partial charge in [-0.2, -0.15) is 10.5 Å². The van der Waals surface area contributed by atoms with E-state index in [1.807, 2.05) is 5.38 Å². The molecule has 4 rings (SSSR count). The fourth-order valence-electron chi connectivity index (χ4n) is 3.93. The summed E-state index contributed by atoms with van der Waals surface area (Å²) in [6, 6.07) is 10.4. The van der Waals surface area contributed by atoms with Gasteiger partial charge in [-0.1, -0.05) is 11.8 Å². The van der Waals surface area contributed by atoms with Gasteiger partial charge >= 0.3 is 0 Å². The van der Waals surface area contributed by atoms with E-state index in [0.29, 0.717) is 52.7 Å². The Balaban J connectivity index is 1.54. The summed E-state index contributed by atoms with van der Waals surface area (Å²) in [5, 5.41) is 35.6. The Hall–Kier alpha value is -3.18. The largest absolute Gasteiger partial charge is 0.393 e. The predicted molar refractivity (Wildman–Crippen MR) is 127 cm³/mol. The molecule has 2 aromatic heterocycles. The molecule has 33 heavy (non-hydrogen) atoms. The molecule has 0 bridgehead atoms. The molecule has 0 aliphatic heterocycles. The van der Waals surface area contributed by atoms with E-state index in [1.54, 1.807) is 12.1 Å². The number of nitrogen functional groups attached to an aromatic ring is 1. The van der Waals surface area contributed by atoms with Gasteiger partial charge in [-0.25, -0.2) is 14.4 Å². The van der Waals surface area contributed by atoms with Crippen molar-refractivity contribution in [2.45, 2.75) is 48.5 Å². The minimum atomic E-state index is -0.340. The van der Waals surface area contributed by atoms with Crippen LogP contribution in [0.1, 0.15) is 54.0 Å². The molecule has 1 aliphatic carbocycles. The van der Waals surface area contributed by atoms with E-state index in [9.17, 15) is 20.0 Å². The molecule has 4 N–H and O–H groups in total. The Morgan fingerprint density at radius 1 is 1.12 bits per heavy atom. The smallest absolute Gasteiger partial charge is 0.187 e. The summed E-state index contributed by atoms with van der Waals surface area (Å²) in [7, 11) is 0. The summed E-state index contributed by atoms with van der Waals surface area (Å²) in [6.45, 7) is 0. The Morgan fingerprint density at radius 2 is 1.82 bits per heavy atom. The third-order valence-corrected chi connectivity index (χ3v) is 7.38. The average molecular weight is 481 g/mol. The maximum atomic E-state index is 13.1. The summed E-state index contributed by atoms with van der Waals surface area (Å²) in [5.74, 6) is 0.283. The number of halogens is 1. The quantitative estimate of drug-likeness (QED) is 0.417. The molecule has 0 unspecified atom stereocenters. The number of nitrogens with one attached hydrogen (secondary N) is 1. The lowest BCUT2D eigenvalue weighted by atomic mass is 9.79. The Labute approximate surface area is 199 Å². The molecule has 1 aromatic carbocycles. The van der Waals surface area contributed by atoms with E-state index >= 15 is 0 Å². The zero-order valence-corrected chi connectivity index (χ0v) is 19.2. The van der Waals surface area contributed by atoms with Crippen LogP contribution in [0.5, 0.6) is 0 Å². The van der Waals surface area contributed by atoms with Crippen LogP contribution in [0, 0.1) is 28.5 Å². The van der Waals surface area contributed by atoms with Crippen LogP contribution < -0.4 is 11.1 Å². The number of rotatable bonds is 6. The lowest BCUT2D eigenvalue weighted by Gasteiger charge is -2.27. The lowest BCUT2D eigenvalue weighted by Crippen LogP contribution is -2.19. The topological polar surface area (TPSA) is 132 Å². The van der Waals surface area contributed by atoms with Crippen LogP contribution in [-0.2, 0) is 5.75 Å². The van der Waals surface area contributed by atoms with E-state index in [1.165, 1.54) is 35.2 Å². The van der Waals surface area contributed by atoms with Gasteiger partial charge in [-0.15, -0.1) is 11.3 Å². The fraction of sp³-hybridized carbons (Fsp3) is 0.304. The highest BCUT2D eigenvalue weighted by molar-refractivity contribution is 7.98. The molecule has 2 heterocycles. The molecular formula is C23H21FN6OS2. The number of aromatic nitrogens is 2. The number of nitriles is 2. The molecule has 1 fully saturated rings. The molecule has 0 amide bonds. The highest BCUT2D eigenvalue weighted by atomic mass is 32.2. The zero-order valence-electron chi connectivity index (χ0n) is 17.6. The normalized spacial score (nSPS) is 17.8. The van der Waals surface area contributed by atoms with Crippen LogP contribution >= 0.6 is 23.1 Å². The van der Waals surface area contributed by atoms with E-state index < -0.39 is 0 Å². The number of thiazole rings is 1. The molecule has 0 atom stereocenters. The van der Waals surface area contributed by atoms with Crippen molar-refractivity contribution in [3.05, 3.63) is 57.8 Å². The third kappa shape index (κ3) is 5.25. The van der Waals surface area contributed by atoms with Crippen LogP contribution in [0.15, 0.2) is 34.7 Å². The first kappa shape index (κ1) is 23.0. The van der Waals surface area contributed by atoms with Crippen molar-refractivity contribution < 1.29 is 9.50 Å². The van der Waals surface area contributed by atoms with Crippen molar-refractivity contribution >= 4 is 39.7 Å². The van der Waals surface area contributed by atoms with Crippen LogP contribution in [0.2, 0.25) is 0 Å². The molecule has 7 nitrogen and oxygen atoms in total.